The molecule has 20 heavy (non-hydrogen) atoms. The summed E-state index contributed by atoms with van der Waals surface area (Å²) >= 11 is 0. The molecule has 1 aromatic carbocycles. The molecule has 0 aliphatic rings. The molecular formula is C12H15ClN4O3. The van der Waals surface area contributed by atoms with E-state index in [1.807, 2.05) is 29.7 Å². The number of halogens is 1. The number of nitrogens with two attached hydrogens (primary N) is 2. The molecule has 0 fully saturated rings. The van der Waals surface area contributed by atoms with E-state index in [1.165, 1.54) is 0 Å². The molecule has 108 valence electrons. The van der Waals surface area contributed by atoms with Crippen molar-refractivity contribution in [1.82, 2.24) is 10.4 Å². The Hall–Kier alpha value is -2.25. The summed E-state index contributed by atoms with van der Waals surface area (Å²) in [5.41, 5.74) is 8.66. The number of hydrogen-bond acceptors (Lipinski definition) is 4. The Bertz CT molecular complexity index is 614. The SMILES string of the molecule is Cl.NNC(=O)[C@H](Cc1c[nH]c2ccccc12)OC(N)=O. The summed E-state index contributed by atoms with van der Waals surface area (Å²) < 4.78 is 4.76. The van der Waals surface area contributed by atoms with E-state index in [1.54, 1.807) is 6.20 Å². The maximum atomic E-state index is 11.5. The first-order valence-corrected chi connectivity index (χ1v) is 5.63. The van der Waals surface area contributed by atoms with Crippen LogP contribution in [0.2, 0.25) is 0 Å². The van der Waals surface area contributed by atoms with E-state index in [0.717, 1.165) is 16.5 Å². The van der Waals surface area contributed by atoms with Gasteiger partial charge in [-0.05, 0) is 11.6 Å². The molecule has 0 radical (unpaired) electrons. The number of para-hydroxylation sites is 1. The molecule has 0 aliphatic carbocycles. The van der Waals surface area contributed by atoms with Crippen LogP contribution in [0.25, 0.3) is 10.9 Å². The molecule has 7 nitrogen and oxygen atoms in total. The number of fused-ring (bicyclic) bond motifs is 1. The van der Waals surface area contributed by atoms with Gasteiger partial charge in [0.15, 0.2) is 6.10 Å². The molecule has 0 unspecified atom stereocenters. The van der Waals surface area contributed by atoms with Crippen molar-refractivity contribution in [3.8, 4) is 0 Å². The second-order valence-electron chi connectivity index (χ2n) is 4.00. The van der Waals surface area contributed by atoms with Gasteiger partial charge in [0, 0.05) is 23.5 Å². The number of hydrogen-bond donors (Lipinski definition) is 4. The Kier molecular flexibility index (Phi) is 5.36. The number of carbonyl (C=O) groups excluding carboxylic acids is 2. The number of aromatic nitrogens is 1. The van der Waals surface area contributed by atoms with Crippen molar-refractivity contribution < 1.29 is 14.3 Å². The van der Waals surface area contributed by atoms with Crippen LogP contribution in [0.5, 0.6) is 0 Å². The summed E-state index contributed by atoms with van der Waals surface area (Å²) in [5, 5.41) is 0.949. The van der Waals surface area contributed by atoms with Crippen molar-refractivity contribution in [1.29, 1.82) is 0 Å². The smallest absolute Gasteiger partial charge is 0.405 e. The van der Waals surface area contributed by atoms with E-state index >= 15 is 0 Å². The zero-order valence-corrected chi connectivity index (χ0v) is 11.3. The van der Waals surface area contributed by atoms with Crippen LogP contribution < -0.4 is 17.0 Å². The molecule has 0 saturated heterocycles. The van der Waals surface area contributed by atoms with Crippen LogP contribution in [0.3, 0.4) is 0 Å². The van der Waals surface area contributed by atoms with Crippen LogP contribution in [-0.4, -0.2) is 23.1 Å². The van der Waals surface area contributed by atoms with Crippen LogP contribution in [0, 0.1) is 0 Å². The van der Waals surface area contributed by atoms with Gasteiger partial charge in [0.25, 0.3) is 5.91 Å². The zero-order valence-electron chi connectivity index (χ0n) is 10.5. The first-order valence-electron chi connectivity index (χ1n) is 5.63. The van der Waals surface area contributed by atoms with Gasteiger partial charge in [-0.15, -0.1) is 12.4 Å². The topological polar surface area (TPSA) is 123 Å². The van der Waals surface area contributed by atoms with Crippen LogP contribution >= 0.6 is 12.4 Å². The Morgan fingerprint density at radius 3 is 2.70 bits per heavy atom. The van der Waals surface area contributed by atoms with Gasteiger partial charge in [-0.2, -0.15) is 0 Å². The van der Waals surface area contributed by atoms with Gasteiger partial charge < -0.3 is 15.5 Å². The molecule has 1 aromatic heterocycles. The second-order valence-corrected chi connectivity index (χ2v) is 4.00. The molecule has 1 atom stereocenters. The molecule has 8 heteroatoms. The first kappa shape index (κ1) is 15.8. The number of H-pyrrole nitrogens is 1. The van der Waals surface area contributed by atoms with Gasteiger partial charge in [0.2, 0.25) is 0 Å². The minimum Gasteiger partial charge on any atom is -0.436 e. The van der Waals surface area contributed by atoms with E-state index in [0.29, 0.717) is 0 Å². The number of rotatable bonds is 4. The fourth-order valence-electron chi connectivity index (χ4n) is 1.92. The summed E-state index contributed by atoms with van der Waals surface area (Å²) in [7, 11) is 0. The fraction of sp³-hybridized carbons (Fsp3) is 0.167. The van der Waals surface area contributed by atoms with Crippen molar-refractivity contribution in [2.45, 2.75) is 12.5 Å². The molecule has 0 spiro atoms. The lowest BCUT2D eigenvalue weighted by Gasteiger charge is -2.14. The summed E-state index contributed by atoms with van der Waals surface area (Å²) in [6.45, 7) is 0. The van der Waals surface area contributed by atoms with Gasteiger partial charge in [-0.1, -0.05) is 18.2 Å². The molecule has 0 aliphatic heterocycles. The summed E-state index contributed by atoms with van der Waals surface area (Å²) in [5.74, 6) is 4.44. The number of ether oxygens (including phenoxy) is 1. The van der Waals surface area contributed by atoms with Crippen LogP contribution in [-0.2, 0) is 16.0 Å². The number of benzene rings is 1. The number of hydrazine groups is 1. The van der Waals surface area contributed by atoms with Gasteiger partial charge in [0.1, 0.15) is 0 Å². The lowest BCUT2D eigenvalue weighted by Crippen LogP contribution is -2.43. The average Bonchev–Trinajstić information content (AvgIpc) is 2.80. The number of amides is 2. The van der Waals surface area contributed by atoms with E-state index in [4.69, 9.17) is 16.3 Å². The highest BCUT2D eigenvalue weighted by Gasteiger charge is 2.22. The van der Waals surface area contributed by atoms with E-state index in [9.17, 15) is 9.59 Å². The summed E-state index contributed by atoms with van der Waals surface area (Å²) in [6.07, 6.45) is -0.128. The van der Waals surface area contributed by atoms with Crippen LogP contribution in [0.4, 0.5) is 4.79 Å². The van der Waals surface area contributed by atoms with Gasteiger partial charge >= 0.3 is 6.09 Å². The molecule has 2 aromatic rings. The molecule has 2 rings (SSSR count). The molecule has 6 N–H and O–H groups in total. The minimum absolute atomic E-state index is 0. The summed E-state index contributed by atoms with van der Waals surface area (Å²) in [6, 6.07) is 7.59. The van der Waals surface area contributed by atoms with Crippen molar-refractivity contribution in [3.05, 3.63) is 36.0 Å². The standard InChI is InChI=1S/C12H14N4O3.ClH/c13-12(18)19-10(11(17)16-14)5-7-6-15-9-4-2-1-3-8(7)9;/h1-4,6,10,15H,5,14H2,(H2,13,18)(H,16,17);1H/t10-;/m0./s1. The molecule has 0 saturated carbocycles. The minimum atomic E-state index is -1.05. The Morgan fingerprint density at radius 2 is 2.05 bits per heavy atom. The van der Waals surface area contributed by atoms with E-state index < -0.39 is 18.1 Å². The number of carbonyl (C=O) groups is 2. The van der Waals surface area contributed by atoms with Gasteiger partial charge in [0.05, 0.1) is 0 Å². The van der Waals surface area contributed by atoms with Gasteiger partial charge in [-0.3, -0.25) is 10.2 Å². The second kappa shape index (κ2) is 6.78. The molecule has 1 heterocycles. The lowest BCUT2D eigenvalue weighted by atomic mass is 10.1. The van der Waals surface area contributed by atoms with E-state index in [-0.39, 0.29) is 18.8 Å². The zero-order chi connectivity index (χ0) is 13.8. The number of aromatic amines is 1. The predicted molar refractivity (Wildman–Crippen MR) is 76.0 cm³/mol. The van der Waals surface area contributed by atoms with E-state index in [2.05, 4.69) is 4.98 Å². The first-order chi connectivity index (χ1) is 9.11. The normalized spacial score (nSPS) is 11.4. The fourth-order valence-corrected chi connectivity index (χ4v) is 1.92. The van der Waals surface area contributed by atoms with Gasteiger partial charge in [-0.25, -0.2) is 10.6 Å². The number of primary amides is 1. The largest absolute Gasteiger partial charge is 0.436 e. The summed E-state index contributed by atoms with van der Waals surface area (Å²) in [4.78, 5) is 25.4. The third-order valence-corrected chi connectivity index (χ3v) is 2.77. The quantitative estimate of drug-likeness (QED) is 0.374. The van der Waals surface area contributed by atoms with Crippen molar-refractivity contribution in [2.24, 2.45) is 11.6 Å². The van der Waals surface area contributed by atoms with Crippen LogP contribution in [0.15, 0.2) is 30.5 Å². The third-order valence-electron chi connectivity index (χ3n) is 2.77. The number of nitrogens with one attached hydrogen (secondary N) is 2. The Morgan fingerprint density at radius 1 is 1.35 bits per heavy atom. The maximum absolute atomic E-state index is 11.5. The maximum Gasteiger partial charge on any atom is 0.405 e. The van der Waals surface area contributed by atoms with Crippen molar-refractivity contribution in [3.63, 3.8) is 0 Å². The average molecular weight is 299 g/mol. The van der Waals surface area contributed by atoms with Crippen molar-refractivity contribution >= 4 is 35.3 Å². The monoisotopic (exact) mass is 298 g/mol. The van der Waals surface area contributed by atoms with Crippen molar-refractivity contribution in [2.75, 3.05) is 0 Å². The van der Waals surface area contributed by atoms with Crippen LogP contribution in [0.1, 0.15) is 5.56 Å². The Balaban J connectivity index is 0.00000200. The lowest BCUT2D eigenvalue weighted by molar-refractivity contribution is -0.129. The predicted octanol–water partition coefficient (Wildman–Crippen LogP) is 0.586. The highest BCUT2D eigenvalue weighted by molar-refractivity contribution is 5.86. The molecule has 0 bridgehead atoms. The molecular weight excluding hydrogens is 284 g/mol. The third kappa shape index (κ3) is 3.40. The Labute approximate surface area is 121 Å². The highest BCUT2D eigenvalue weighted by atomic mass is 35.5. The highest BCUT2D eigenvalue weighted by Crippen LogP contribution is 2.19. The molecule has 2 amide bonds.